The van der Waals surface area contributed by atoms with Crippen molar-refractivity contribution >= 4 is 5.97 Å². The van der Waals surface area contributed by atoms with Crippen LogP contribution in [0.4, 0.5) is 0 Å². The van der Waals surface area contributed by atoms with Gasteiger partial charge in [-0.1, -0.05) is 6.92 Å². The number of hydrogen-bond acceptors (Lipinski definition) is 5. The zero-order valence-electron chi connectivity index (χ0n) is 12.3. The molecule has 1 saturated heterocycles. The Kier molecular flexibility index (Phi) is 5.77. The Bertz CT molecular complexity index is 297. The largest absolute Gasteiger partial charge is 0.462 e. The number of aliphatic hydroxyl groups excluding tert-OH is 2. The zero-order valence-corrected chi connectivity index (χ0v) is 12.3. The molecule has 0 saturated carbocycles. The van der Waals surface area contributed by atoms with Gasteiger partial charge in [0.15, 0.2) is 0 Å². The lowest BCUT2D eigenvalue weighted by atomic mass is 9.97. The summed E-state index contributed by atoms with van der Waals surface area (Å²) in [6.45, 7) is 7.39. The van der Waals surface area contributed by atoms with Crippen LogP contribution in [-0.4, -0.2) is 47.7 Å². The Morgan fingerprint density at radius 2 is 2.11 bits per heavy atom. The number of ether oxygens (including phenoxy) is 2. The van der Waals surface area contributed by atoms with Crippen LogP contribution >= 0.6 is 0 Å². The van der Waals surface area contributed by atoms with E-state index in [9.17, 15) is 9.90 Å². The van der Waals surface area contributed by atoms with Crippen molar-refractivity contribution in [3.63, 3.8) is 0 Å². The number of rotatable bonds is 5. The zero-order chi connectivity index (χ0) is 14.6. The molecule has 0 spiro atoms. The van der Waals surface area contributed by atoms with E-state index in [-0.39, 0.29) is 31.4 Å². The van der Waals surface area contributed by atoms with Crippen molar-refractivity contribution in [3.8, 4) is 0 Å². The summed E-state index contributed by atoms with van der Waals surface area (Å²) in [6.07, 6.45) is 0.144. The van der Waals surface area contributed by atoms with Crippen molar-refractivity contribution < 1.29 is 24.5 Å². The van der Waals surface area contributed by atoms with Gasteiger partial charge in [-0.15, -0.1) is 0 Å². The fraction of sp³-hybridized carbons (Fsp3) is 0.929. The van der Waals surface area contributed by atoms with Crippen molar-refractivity contribution in [1.82, 2.24) is 0 Å². The van der Waals surface area contributed by atoms with Gasteiger partial charge in [0, 0.05) is 6.61 Å². The van der Waals surface area contributed by atoms with Gasteiger partial charge in [-0.05, 0) is 39.5 Å². The topological polar surface area (TPSA) is 76.0 Å². The van der Waals surface area contributed by atoms with E-state index in [0.717, 1.165) is 6.42 Å². The molecule has 1 fully saturated rings. The van der Waals surface area contributed by atoms with Gasteiger partial charge in [-0.2, -0.15) is 0 Å². The average molecular weight is 274 g/mol. The monoisotopic (exact) mass is 274 g/mol. The average Bonchev–Trinajstić information content (AvgIpc) is 2.67. The molecule has 1 aliphatic rings. The molecule has 5 heteroatoms. The summed E-state index contributed by atoms with van der Waals surface area (Å²) in [4.78, 5) is 11.6. The minimum absolute atomic E-state index is 0.0250. The van der Waals surface area contributed by atoms with Gasteiger partial charge in [0.1, 0.15) is 12.7 Å². The van der Waals surface area contributed by atoms with E-state index < -0.39 is 11.5 Å². The Morgan fingerprint density at radius 3 is 2.63 bits per heavy atom. The molecule has 0 amide bonds. The first-order chi connectivity index (χ1) is 8.75. The molecular weight excluding hydrogens is 248 g/mol. The third kappa shape index (κ3) is 4.75. The summed E-state index contributed by atoms with van der Waals surface area (Å²) in [6, 6.07) is 0. The van der Waals surface area contributed by atoms with Crippen LogP contribution in [0.3, 0.4) is 0 Å². The van der Waals surface area contributed by atoms with Crippen molar-refractivity contribution in [3.05, 3.63) is 0 Å². The molecule has 1 rings (SSSR count). The number of carbonyl (C=O) groups excluding carboxylic acids is 1. The Hall–Kier alpha value is -0.650. The van der Waals surface area contributed by atoms with Gasteiger partial charge in [0.2, 0.25) is 0 Å². The van der Waals surface area contributed by atoms with Gasteiger partial charge in [0.25, 0.3) is 0 Å². The molecule has 0 aromatic carbocycles. The van der Waals surface area contributed by atoms with Crippen molar-refractivity contribution in [2.75, 3.05) is 13.2 Å². The van der Waals surface area contributed by atoms with Crippen LogP contribution in [0, 0.1) is 11.3 Å². The SMILES string of the molecule is C[C@H]1C[C@@H]([C@H](O)COC(=O)C(C)(C)C)O[C@@H]1CCO. The van der Waals surface area contributed by atoms with Crippen LogP contribution in [0.5, 0.6) is 0 Å². The summed E-state index contributed by atoms with van der Waals surface area (Å²) in [5, 5.41) is 18.9. The maximum atomic E-state index is 11.6. The van der Waals surface area contributed by atoms with Crippen molar-refractivity contribution in [2.24, 2.45) is 11.3 Å². The van der Waals surface area contributed by atoms with E-state index in [1.54, 1.807) is 20.8 Å². The lowest BCUT2D eigenvalue weighted by molar-refractivity contribution is -0.159. The highest BCUT2D eigenvalue weighted by Crippen LogP contribution is 2.30. The van der Waals surface area contributed by atoms with Crippen LogP contribution in [-0.2, 0) is 14.3 Å². The normalized spacial score (nSPS) is 29.3. The lowest BCUT2D eigenvalue weighted by Gasteiger charge is -2.22. The molecule has 4 atom stereocenters. The maximum Gasteiger partial charge on any atom is 0.311 e. The van der Waals surface area contributed by atoms with Crippen molar-refractivity contribution in [2.45, 2.75) is 58.8 Å². The maximum absolute atomic E-state index is 11.6. The summed E-state index contributed by atoms with van der Waals surface area (Å²) in [5.74, 6) is -0.0328. The van der Waals surface area contributed by atoms with E-state index in [4.69, 9.17) is 14.6 Å². The first-order valence-electron chi connectivity index (χ1n) is 6.87. The molecule has 2 N–H and O–H groups in total. The van der Waals surface area contributed by atoms with E-state index in [1.165, 1.54) is 0 Å². The quantitative estimate of drug-likeness (QED) is 0.735. The van der Waals surface area contributed by atoms with E-state index in [0.29, 0.717) is 12.3 Å². The Labute approximate surface area is 114 Å². The fourth-order valence-corrected chi connectivity index (χ4v) is 2.14. The van der Waals surface area contributed by atoms with Crippen LogP contribution in [0.1, 0.15) is 40.5 Å². The molecule has 112 valence electrons. The molecule has 1 heterocycles. The Balaban J connectivity index is 2.39. The van der Waals surface area contributed by atoms with Gasteiger partial charge in [-0.3, -0.25) is 4.79 Å². The number of carbonyl (C=O) groups is 1. The standard InChI is InChI=1S/C14H26O5/c1-9-7-12(19-11(9)5-6-15)10(16)8-18-13(17)14(2,3)4/h9-12,15-16H,5-8H2,1-4H3/t9-,10+,11+,12-/m0/s1. The molecule has 0 aromatic rings. The van der Waals surface area contributed by atoms with Crippen LogP contribution in [0.2, 0.25) is 0 Å². The van der Waals surface area contributed by atoms with Gasteiger partial charge < -0.3 is 19.7 Å². The highest BCUT2D eigenvalue weighted by molar-refractivity contribution is 5.75. The molecule has 1 aliphatic heterocycles. The van der Waals surface area contributed by atoms with Crippen LogP contribution < -0.4 is 0 Å². The summed E-state index contributed by atoms with van der Waals surface area (Å²) >= 11 is 0. The number of hydrogen-bond donors (Lipinski definition) is 2. The number of esters is 1. The fourth-order valence-electron chi connectivity index (χ4n) is 2.14. The summed E-state index contributed by atoms with van der Waals surface area (Å²) < 4.78 is 10.8. The predicted molar refractivity (Wildman–Crippen MR) is 70.6 cm³/mol. The van der Waals surface area contributed by atoms with Crippen LogP contribution in [0.25, 0.3) is 0 Å². The first-order valence-corrected chi connectivity index (χ1v) is 6.87. The van der Waals surface area contributed by atoms with Crippen molar-refractivity contribution in [1.29, 1.82) is 0 Å². The molecular formula is C14H26O5. The minimum atomic E-state index is -0.808. The highest BCUT2D eigenvalue weighted by atomic mass is 16.6. The highest BCUT2D eigenvalue weighted by Gasteiger charge is 2.36. The van der Waals surface area contributed by atoms with E-state index in [1.807, 2.05) is 6.92 Å². The Morgan fingerprint density at radius 1 is 1.47 bits per heavy atom. The molecule has 0 bridgehead atoms. The van der Waals surface area contributed by atoms with Crippen LogP contribution in [0.15, 0.2) is 0 Å². The third-order valence-electron chi connectivity index (χ3n) is 3.43. The number of aliphatic hydroxyl groups is 2. The van der Waals surface area contributed by atoms with E-state index in [2.05, 4.69) is 0 Å². The second-order valence-electron chi connectivity index (χ2n) is 6.35. The smallest absolute Gasteiger partial charge is 0.311 e. The molecule has 0 aliphatic carbocycles. The summed E-state index contributed by atoms with van der Waals surface area (Å²) in [7, 11) is 0. The first kappa shape index (κ1) is 16.4. The molecule has 0 radical (unpaired) electrons. The second kappa shape index (κ2) is 6.68. The molecule has 19 heavy (non-hydrogen) atoms. The molecule has 0 unspecified atom stereocenters. The predicted octanol–water partition coefficient (Wildman–Crippen LogP) is 1.11. The summed E-state index contributed by atoms with van der Waals surface area (Å²) in [5.41, 5.74) is -0.566. The van der Waals surface area contributed by atoms with Gasteiger partial charge in [0.05, 0.1) is 17.6 Å². The third-order valence-corrected chi connectivity index (χ3v) is 3.43. The van der Waals surface area contributed by atoms with Gasteiger partial charge >= 0.3 is 5.97 Å². The minimum Gasteiger partial charge on any atom is -0.462 e. The van der Waals surface area contributed by atoms with Gasteiger partial charge in [-0.25, -0.2) is 0 Å². The molecule has 5 nitrogen and oxygen atoms in total. The lowest BCUT2D eigenvalue weighted by Crippen LogP contribution is -2.34. The molecule has 0 aromatic heterocycles. The van der Waals surface area contributed by atoms with E-state index >= 15 is 0 Å². The second-order valence-corrected chi connectivity index (χ2v) is 6.35.